The van der Waals surface area contributed by atoms with Crippen LogP contribution < -0.4 is 0 Å². The number of nitrogens with zero attached hydrogens (tertiary/aromatic N) is 1. The van der Waals surface area contributed by atoms with Gasteiger partial charge in [-0.3, -0.25) is 0 Å². The molecule has 3 heteroatoms. The highest BCUT2D eigenvalue weighted by atomic mass is 79.9. The summed E-state index contributed by atoms with van der Waals surface area (Å²) >= 11 is 3.37. The highest BCUT2D eigenvalue weighted by molar-refractivity contribution is 9.10. The van der Waals surface area contributed by atoms with Crippen molar-refractivity contribution in [3.63, 3.8) is 0 Å². The quantitative estimate of drug-likeness (QED) is 0.506. The lowest BCUT2D eigenvalue weighted by molar-refractivity contribution is 0.319. The van der Waals surface area contributed by atoms with Gasteiger partial charge in [-0.25, -0.2) is 0 Å². The Morgan fingerprint density at radius 3 is 2.00 bits per heavy atom. The summed E-state index contributed by atoms with van der Waals surface area (Å²) in [4.78, 5) is 0. The van der Waals surface area contributed by atoms with Crippen molar-refractivity contribution in [3.8, 4) is 0 Å². The summed E-state index contributed by atoms with van der Waals surface area (Å²) in [5, 5.41) is 12.4. The molecule has 0 spiro atoms. The largest absolute Gasteiger partial charge is 0.410 e. The number of benzene rings is 2. The van der Waals surface area contributed by atoms with E-state index in [2.05, 4.69) is 21.1 Å². The monoisotopic (exact) mass is 275 g/mol. The van der Waals surface area contributed by atoms with E-state index in [1.807, 2.05) is 54.6 Å². The molecule has 0 unspecified atom stereocenters. The topological polar surface area (TPSA) is 32.6 Å². The molecule has 0 saturated heterocycles. The summed E-state index contributed by atoms with van der Waals surface area (Å²) in [6, 6.07) is 17.2. The van der Waals surface area contributed by atoms with E-state index in [9.17, 15) is 0 Å². The molecule has 0 aliphatic heterocycles. The predicted molar refractivity (Wildman–Crippen MR) is 68.0 cm³/mol. The molecule has 2 rings (SSSR count). The van der Waals surface area contributed by atoms with Gasteiger partial charge < -0.3 is 5.21 Å². The Morgan fingerprint density at radius 2 is 1.44 bits per heavy atom. The second kappa shape index (κ2) is 4.94. The van der Waals surface area contributed by atoms with E-state index in [1.165, 1.54) is 0 Å². The van der Waals surface area contributed by atoms with Gasteiger partial charge in [-0.2, -0.15) is 0 Å². The average molecular weight is 276 g/mol. The second-order valence-electron chi connectivity index (χ2n) is 3.32. The zero-order chi connectivity index (χ0) is 11.4. The Bertz CT molecular complexity index is 491. The van der Waals surface area contributed by atoms with Crippen molar-refractivity contribution < 1.29 is 5.21 Å². The highest BCUT2D eigenvalue weighted by Gasteiger charge is 2.06. The SMILES string of the molecule is O/N=C(/c1ccccc1)c1ccc(Br)cc1. The summed E-state index contributed by atoms with van der Waals surface area (Å²) in [5.41, 5.74) is 2.36. The second-order valence-corrected chi connectivity index (χ2v) is 4.24. The molecule has 0 saturated carbocycles. The number of halogens is 1. The molecule has 0 aliphatic rings. The Balaban J connectivity index is 2.42. The van der Waals surface area contributed by atoms with Gasteiger partial charge in [-0.1, -0.05) is 63.6 Å². The van der Waals surface area contributed by atoms with E-state index in [0.29, 0.717) is 5.71 Å². The van der Waals surface area contributed by atoms with Gasteiger partial charge in [0.2, 0.25) is 0 Å². The highest BCUT2D eigenvalue weighted by Crippen LogP contribution is 2.14. The first-order valence-corrected chi connectivity index (χ1v) is 5.64. The van der Waals surface area contributed by atoms with E-state index in [-0.39, 0.29) is 0 Å². The van der Waals surface area contributed by atoms with Crippen molar-refractivity contribution in [1.82, 2.24) is 0 Å². The van der Waals surface area contributed by atoms with E-state index in [1.54, 1.807) is 0 Å². The van der Waals surface area contributed by atoms with Gasteiger partial charge in [-0.15, -0.1) is 0 Å². The van der Waals surface area contributed by atoms with Gasteiger partial charge in [0.15, 0.2) is 0 Å². The molecular formula is C13H10BrNO. The molecule has 0 radical (unpaired) electrons. The summed E-state index contributed by atoms with van der Waals surface area (Å²) in [6.45, 7) is 0. The minimum atomic E-state index is 0.577. The first-order valence-electron chi connectivity index (χ1n) is 4.84. The number of hydrogen-bond donors (Lipinski definition) is 1. The molecule has 2 aromatic carbocycles. The van der Waals surface area contributed by atoms with Gasteiger partial charge in [0.05, 0.1) is 0 Å². The third-order valence-corrected chi connectivity index (χ3v) is 2.79. The summed E-state index contributed by atoms with van der Waals surface area (Å²) in [7, 11) is 0. The third-order valence-electron chi connectivity index (χ3n) is 2.26. The van der Waals surface area contributed by atoms with Gasteiger partial charge in [0.1, 0.15) is 5.71 Å². The molecule has 2 aromatic rings. The predicted octanol–water partition coefficient (Wildman–Crippen LogP) is 3.68. The van der Waals surface area contributed by atoms with E-state index >= 15 is 0 Å². The van der Waals surface area contributed by atoms with E-state index < -0.39 is 0 Å². The normalized spacial score (nSPS) is 11.4. The van der Waals surface area contributed by atoms with Crippen molar-refractivity contribution in [2.75, 3.05) is 0 Å². The zero-order valence-electron chi connectivity index (χ0n) is 8.47. The van der Waals surface area contributed by atoms with Crippen LogP contribution in [0.25, 0.3) is 0 Å². The fourth-order valence-electron chi connectivity index (χ4n) is 1.49. The first-order chi connectivity index (χ1) is 7.81. The van der Waals surface area contributed by atoms with Crippen LogP contribution in [0.1, 0.15) is 11.1 Å². The van der Waals surface area contributed by atoms with Gasteiger partial charge in [0, 0.05) is 15.6 Å². The fourth-order valence-corrected chi connectivity index (χ4v) is 1.75. The lowest BCUT2D eigenvalue weighted by Gasteiger charge is -2.04. The van der Waals surface area contributed by atoms with Crippen LogP contribution in [-0.4, -0.2) is 10.9 Å². The molecule has 0 aliphatic carbocycles. The van der Waals surface area contributed by atoms with Crippen molar-refractivity contribution in [3.05, 3.63) is 70.2 Å². The standard InChI is InChI=1S/C13H10BrNO/c14-12-8-6-11(7-9-12)13(15-16)10-4-2-1-3-5-10/h1-9,16H/b15-13-. The Labute approximate surface area is 102 Å². The summed E-state index contributed by atoms with van der Waals surface area (Å²) in [5.74, 6) is 0. The van der Waals surface area contributed by atoms with Crippen molar-refractivity contribution in [2.45, 2.75) is 0 Å². The van der Waals surface area contributed by atoms with Crippen molar-refractivity contribution >= 4 is 21.6 Å². The van der Waals surface area contributed by atoms with Crippen LogP contribution >= 0.6 is 15.9 Å². The molecular weight excluding hydrogens is 266 g/mol. The van der Waals surface area contributed by atoms with E-state index in [0.717, 1.165) is 15.6 Å². The molecule has 0 fully saturated rings. The van der Waals surface area contributed by atoms with Crippen molar-refractivity contribution in [1.29, 1.82) is 0 Å². The summed E-state index contributed by atoms with van der Waals surface area (Å²) < 4.78 is 1.00. The molecule has 0 bridgehead atoms. The third kappa shape index (κ3) is 2.31. The lowest BCUT2D eigenvalue weighted by atomic mass is 10.0. The van der Waals surface area contributed by atoms with Crippen LogP contribution in [-0.2, 0) is 0 Å². The molecule has 80 valence electrons. The molecule has 0 atom stereocenters. The molecule has 0 aromatic heterocycles. The maximum Gasteiger partial charge on any atom is 0.117 e. The maximum atomic E-state index is 9.08. The van der Waals surface area contributed by atoms with Gasteiger partial charge >= 0.3 is 0 Å². The maximum absolute atomic E-state index is 9.08. The smallest absolute Gasteiger partial charge is 0.117 e. The minimum absolute atomic E-state index is 0.577. The minimum Gasteiger partial charge on any atom is -0.410 e. The van der Waals surface area contributed by atoms with Crippen LogP contribution in [0.5, 0.6) is 0 Å². The lowest BCUT2D eigenvalue weighted by Crippen LogP contribution is -2.02. The van der Waals surface area contributed by atoms with Crippen LogP contribution in [0.15, 0.2) is 64.2 Å². The Morgan fingerprint density at radius 1 is 0.875 bits per heavy atom. The molecule has 0 heterocycles. The van der Waals surface area contributed by atoms with Crippen LogP contribution in [0.4, 0.5) is 0 Å². The first kappa shape index (κ1) is 10.9. The summed E-state index contributed by atoms with van der Waals surface area (Å²) in [6.07, 6.45) is 0. The van der Waals surface area contributed by atoms with Crippen LogP contribution in [0, 0.1) is 0 Å². The number of oxime groups is 1. The van der Waals surface area contributed by atoms with Gasteiger partial charge in [0.25, 0.3) is 0 Å². The van der Waals surface area contributed by atoms with Crippen LogP contribution in [0.2, 0.25) is 0 Å². The molecule has 16 heavy (non-hydrogen) atoms. The Kier molecular flexibility index (Phi) is 3.37. The van der Waals surface area contributed by atoms with E-state index in [4.69, 9.17) is 5.21 Å². The molecule has 1 N–H and O–H groups in total. The van der Waals surface area contributed by atoms with Gasteiger partial charge in [-0.05, 0) is 12.1 Å². The Hall–Kier alpha value is -1.61. The average Bonchev–Trinajstić information content (AvgIpc) is 2.34. The number of rotatable bonds is 2. The zero-order valence-corrected chi connectivity index (χ0v) is 10.1. The molecule has 2 nitrogen and oxygen atoms in total. The van der Waals surface area contributed by atoms with Crippen molar-refractivity contribution in [2.24, 2.45) is 5.16 Å². The van der Waals surface area contributed by atoms with Crippen LogP contribution in [0.3, 0.4) is 0 Å². The number of hydrogen-bond acceptors (Lipinski definition) is 2. The molecule has 0 amide bonds. The fraction of sp³-hybridized carbons (Fsp3) is 0.